The first-order valence-electron chi connectivity index (χ1n) is 6.72. The van der Waals surface area contributed by atoms with E-state index in [0.29, 0.717) is 17.4 Å². The van der Waals surface area contributed by atoms with Crippen molar-refractivity contribution in [2.24, 2.45) is 5.10 Å². The first kappa shape index (κ1) is 13.9. The number of benzene rings is 2. The number of ether oxygens (including phenoxy) is 2. The number of imidazole rings is 1. The van der Waals surface area contributed by atoms with Crippen molar-refractivity contribution in [1.29, 1.82) is 0 Å². The van der Waals surface area contributed by atoms with Crippen molar-refractivity contribution >= 4 is 23.2 Å². The number of para-hydroxylation sites is 2. The van der Waals surface area contributed by atoms with Crippen LogP contribution < -0.4 is 15.2 Å². The van der Waals surface area contributed by atoms with E-state index in [1.165, 1.54) is 0 Å². The van der Waals surface area contributed by atoms with Gasteiger partial charge in [0.05, 0.1) is 31.5 Å². The number of aromatic nitrogens is 2. The SMILES string of the molecule is COc1ccc(C=Nn2c(N)nc3ccccc32)cc1OC. The van der Waals surface area contributed by atoms with Gasteiger partial charge in [0.25, 0.3) is 0 Å². The van der Waals surface area contributed by atoms with Crippen molar-refractivity contribution in [3.63, 3.8) is 0 Å². The van der Waals surface area contributed by atoms with Crippen molar-refractivity contribution in [2.75, 3.05) is 20.0 Å². The molecule has 0 amide bonds. The minimum Gasteiger partial charge on any atom is -0.493 e. The van der Waals surface area contributed by atoms with Gasteiger partial charge in [0, 0.05) is 0 Å². The van der Waals surface area contributed by atoms with Crippen molar-refractivity contribution < 1.29 is 9.47 Å². The third kappa shape index (κ3) is 2.46. The van der Waals surface area contributed by atoms with Crippen LogP contribution in [-0.4, -0.2) is 30.1 Å². The second-order valence-corrected chi connectivity index (χ2v) is 4.63. The van der Waals surface area contributed by atoms with E-state index in [-0.39, 0.29) is 0 Å². The molecular weight excluding hydrogens is 280 g/mol. The molecule has 0 saturated carbocycles. The minimum absolute atomic E-state index is 0.345. The molecule has 2 N–H and O–H groups in total. The molecule has 3 rings (SSSR count). The summed E-state index contributed by atoms with van der Waals surface area (Å²) in [4.78, 5) is 4.27. The Labute approximate surface area is 127 Å². The lowest BCUT2D eigenvalue weighted by atomic mass is 10.2. The van der Waals surface area contributed by atoms with Gasteiger partial charge < -0.3 is 15.2 Å². The zero-order chi connectivity index (χ0) is 15.5. The molecule has 0 saturated heterocycles. The van der Waals surface area contributed by atoms with E-state index < -0.39 is 0 Å². The molecule has 0 spiro atoms. The van der Waals surface area contributed by atoms with Crippen LogP contribution in [0.3, 0.4) is 0 Å². The van der Waals surface area contributed by atoms with E-state index in [2.05, 4.69) is 10.1 Å². The molecule has 6 nitrogen and oxygen atoms in total. The van der Waals surface area contributed by atoms with Gasteiger partial charge >= 0.3 is 0 Å². The van der Waals surface area contributed by atoms with Crippen LogP contribution in [0.5, 0.6) is 11.5 Å². The Morgan fingerprint density at radius 3 is 2.64 bits per heavy atom. The van der Waals surface area contributed by atoms with Crippen LogP contribution in [0, 0.1) is 0 Å². The lowest BCUT2D eigenvalue weighted by molar-refractivity contribution is 0.355. The predicted molar refractivity (Wildman–Crippen MR) is 86.7 cm³/mol. The largest absolute Gasteiger partial charge is 0.493 e. The molecule has 0 aliphatic heterocycles. The lowest BCUT2D eigenvalue weighted by Gasteiger charge is -2.07. The van der Waals surface area contributed by atoms with Gasteiger partial charge in [-0.3, -0.25) is 0 Å². The number of anilines is 1. The molecule has 1 heterocycles. The third-order valence-corrected chi connectivity index (χ3v) is 3.29. The van der Waals surface area contributed by atoms with Crippen molar-refractivity contribution in [1.82, 2.24) is 9.66 Å². The fraction of sp³-hybridized carbons (Fsp3) is 0.125. The van der Waals surface area contributed by atoms with Crippen LogP contribution in [-0.2, 0) is 0 Å². The van der Waals surface area contributed by atoms with Crippen molar-refractivity contribution in [3.05, 3.63) is 48.0 Å². The summed E-state index contributed by atoms with van der Waals surface area (Å²) < 4.78 is 12.1. The summed E-state index contributed by atoms with van der Waals surface area (Å²) in [5.41, 5.74) is 8.45. The van der Waals surface area contributed by atoms with Crippen LogP contribution in [0.1, 0.15) is 5.56 Å². The summed E-state index contributed by atoms with van der Waals surface area (Å²) in [6.07, 6.45) is 1.70. The molecule has 112 valence electrons. The van der Waals surface area contributed by atoms with E-state index >= 15 is 0 Å². The Morgan fingerprint density at radius 2 is 1.86 bits per heavy atom. The molecule has 3 aromatic rings. The second kappa shape index (κ2) is 5.77. The Hall–Kier alpha value is -3.02. The molecule has 0 atom stereocenters. The maximum Gasteiger partial charge on any atom is 0.222 e. The van der Waals surface area contributed by atoms with Crippen LogP contribution in [0.25, 0.3) is 11.0 Å². The zero-order valence-corrected chi connectivity index (χ0v) is 12.4. The zero-order valence-electron chi connectivity index (χ0n) is 12.4. The molecule has 0 bridgehead atoms. The van der Waals surface area contributed by atoms with Gasteiger partial charge in [-0.1, -0.05) is 12.1 Å². The molecule has 0 radical (unpaired) electrons. The monoisotopic (exact) mass is 296 g/mol. The van der Waals surface area contributed by atoms with E-state index in [4.69, 9.17) is 15.2 Å². The number of rotatable bonds is 4. The molecule has 22 heavy (non-hydrogen) atoms. The summed E-state index contributed by atoms with van der Waals surface area (Å²) in [6.45, 7) is 0. The fourth-order valence-corrected chi connectivity index (χ4v) is 2.21. The number of methoxy groups -OCH3 is 2. The van der Waals surface area contributed by atoms with Gasteiger partial charge in [-0.2, -0.15) is 9.78 Å². The van der Waals surface area contributed by atoms with Gasteiger partial charge in [0.2, 0.25) is 5.95 Å². The minimum atomic E-state index is 0.345. The second-order valence-electron chi connectivity index (χ2n) is 4.63. The lowest BCUT2D eigenvalue weighted by Crippen LogP contribution is -1.98. The number of nitrogens with zero attached hydrogens (tertiary/aromatic N) is 3. The van der Waals surface area contributed by atoms with Gasteiger partial charge in [0.1, 0.15) is 0 Å². The summed E-state index contributed by atoms with van der Waals surface area (Å²) in [6, 6.07) is 13.2. The highest BCUT2D eigenvalue weighted by Gasteiger charge is 2.06. The summed E-state index contributed by atoms with van der Waals surface area (Å²) in [5.74, 6) is 1.67. The average Bonchev–Trinajstić information content (AvgIpc) is 2.87. The smallest absolute Gasteiger partial charge is 0.222 e. The molecule has 0 aliphatic rings. The fourth-order valence-electron chi connectivity index (χ4n) is 2.21. The molecule has 6 heteroatoms. The molecule has 2 aromatic carbocycles. The average molecular weight is 296 g/mol. The molecule has 1 aromatic heterocycles. The highest BCUT2D eigenvalue weighted by molar-refractivity contribution is 5.83. The van der Waals surface area contributed by atoms with Crippen LogP contribution in [0.15, 0.2) is 47.6 Å². The van der Waals surface area contributed by atoms with Crippen molar-refractivity contribution in [2.45, 2.75) is 0 Å². The van der Waals surface area contributed by atoms with Gasteiger partial charge in [-0.25, -0.2) is 4.98 Å². The van der Waals surface area contributed by atoms with Crippen LogP contribution >= 0.6 is 0 Å². The topological polar surface area (TPSA) is 74.7 Å². The number of fused-ring (bicyclic) bond motifs is 1. The van der Waals surface area contributed by atoms with E-state index in [9.17, 15) is 0 Å². The highest BCUT2D eigenvalue weighted by Crippen LogP contribution is 2.27. The Balaban J connectivity index is 1.98. The first-order valence-corrected chi connectivity index (χ1v) is 6.72. The molecule has 0 fully saturated rings. The molecule has 0 aliphatic carbocycles. The van der Waals surface area contributed by atoms with Crippen molar-refractivity contribution in [3.8, 4) is 11.5 Å². The maximum atomic E-state index is 5.91. The van der Waals surface area contributed by atoms with E-state index in [1.54, 1.807) is 25.1 Å². The normalized spacial score (nSPS) is 11.2. The summed E-state index contributed by atoms with van der Waals surface area (Å²) in [7, 11) is 3.20. The number of nitrogen functional groups attached to an aromatic ring is 1. The van der Waals surface area contributed by atoms with Gasteiger partial charge in [-0.15, -0.1) is 0 Å². The Kier molecular flexibility index (Phi) is 3.65. The van der Waals surface area contributed by atoms with E-state index in [0.717, 1.165) is 16.6 Å². The first-order chi connectivity index (χ1) is 10.7. The third-order valence-electron chi connectivity index (χ3n) is 3.29. The van der Waals surface area contributed by atoms with E-state index in [1.807, 2.05) is 42.5 Å². The molecule has 0 unspecified atom stereocenters. The Bertz CT molecular complexity index is 839. The number of hydrogen-bond acceptors (Lipinski definition) is 5. The van der Waals surface area contributed by atoms with Gasteiger partial charge in [-0.05, 0) is 35.9 Å². The maximum absolute atomic E-state index is 5.91. The summed E-state index contributed by atoms with van der Waals surface area (Å²) >= 11 is 0. The number of nitrogens with two attached hydrogens (primary N) is 1. The summed E-state index contributed by atoms with van der Waals surface area (Å²) in [5, 5.41) is 4.40. The molecular formula is C16H16N4O2. The quantitative estimate of drug-likeness (QED) is 0.751. The highest BCUT2D eigenvalue weighted by atomic mass is 16.5. The Morgan fingerprint density at radius 1 is 1.09 bits per heavy atom. The van der Waals surface area contributed by atoms with Gasteiger partial charge in [0.15, 0.2) is 11.5 Å². The standard InChI is InChI=1S/C16H16N4O2/c1-21-14-8-7-11(9-15(14)22-2)10-18-20-13-6-4-3-5-12(13)19-16(20)17/h3-10H,1-2H3,(H2,17,19). The van der Waals surface area contributed by atoms with Crippen LogP contribution in [0.4, 0.5) is 5.95 Å². The number of hydrogen-bond donors (Lipinski definition) is 1. The predicted octanol–water partition coefficient (Wildman–Crippen LogP) is 2.52. The van der Waals surface area contributed by atoms with Crippen LogP contribution in [0.2, 0.25) is 0 Å².